The Morgan fingerprint density at radius 2 is 2.00 bits per heavy atom. The van der Waals surface area contributed by atoms with Crippen LogP contribution in [0.2, 0.25) is 0 Å². The third-order valence-electron chi connectivity index (χ3n) is 3.39. The molecule has 0 fully saturated rings. The first-order chi connectivity index (χ1) is 9.99. The van der Waals surface area contributed by atoms with Crippen LogP contribution >= 0.6 is 0 Å². The molecule has 2 aromatic heterocycles. The summed E-state index contributed by atoms with van der Waals surface area (Å²) in [7, 11) is 3.43. The van der Waals surface area contributed by atoms with Crippen molar-refractivity contribution in [2.75, 3.05) is 19.8 Å². The van der Waals surface area contributed by atoms with Crippen LogP contribution < -0.4 is 5.73 Å². The topological polar surface area (TPSA) is 77.0 Å². The predicted molar refractivity (Wildman–Crippen MR) is 82.5 cm³/mol. The van der Waals surface area contributed by atoms with Crippen molar-refractivity contribution in [3.05, 3.63) is 35.3 Å². The van der Waals surface area contributed by atoms with Crippen molar-refractivity contribution < 1.29 is 4.79 Å². The Balaban J connectivity index is 2.41. The molecule has 0 aliphatic carbocycles. The second-order valence-corrected chi connectivity index (χ2v) is 5.03. The fourth-order valence-electron chi connectivity index (χ4n) is 2.20. The summed E-state index contributed by atoms with van der Waals surface area (Å²) in [5.74, 6) is 0.604. The number of aryl methyl sites for hydroxylation is 1. The molecule has 0 aromatic carbocycles. The summed E-state index contributed by atoms with van der Waals surface area (Å²) >= 11 is 0. The summed E-state index contributed by atoms with van der Waals surface area (Å²) in [4.78, 5) is 17.7. The number of hydrogen-bond donors (Lipinski definition) is 1. The molecule has 0 aliphatic rings. The highest BCUT2D eigenvalue weighted by molar-refractivity contribution is 5.93. The minimum absolute atomic E-state index is 0.0704. The lowest BCUT2D eigenvalue weighted by Gasteiger charge is -2.10. The lowest BCUT2D eigenvalue weighted by Crippen LogP contribution is -2.21. The van der Waals surface area contributed by atoms with E-state index in [0.717, 1.165) is 29.9 Å². The van der Waals surface area contributed by atoms with Gasteiger partial charge in [0.15, 0.2) is 5.82 Å². The van der Waals surface area contributed by atoms with Crippen LogP contribution in [0.15, 0.2) is 18.3 Å². The van der Waals surface area contributed by atoms with Crippen molar-refractivity contribution >= 4 is 11.6 Å². The van der Waals surface area contributed by atoms with Crippen molar-refractivity contribution in [1.29, 1.82) is 0 Å². The van der Waals surface area contributed by atoms with E-state index in [9.17, 15) is 4.79 Å². The fraction of sp³-hybridized carbons (Fsp3) is 0.400. The van der Waals surface area contributed by atoms with Gasteiger partial charge in [-0.1, -0.05) is 13.8 Å². The highest BCUT2D eigenvalue weighted by Gasteiger charge is 2.15. The first kappa shape index (κ1) is 15.0. The molecule has 0 saturated carbocycles. The number of nitrogen functional groups attached to an aromatic ring is 1. The molecule has 6 nitrogen and oxygen atoms in total. The van der Waals surface area contributed by atoms with Crippen molar-refractivity contribution in [2.24, 2.45) is 0 Å². The zero-order chi connectivity index (χ0) is 15.6. The van der Waals surface area contributed by atoms with Crippen molar-refractivity contribution in [3.63, 3.8) is 0 Å². The fourth-order valence-corrected chi connectivity index (χ4v) is 2.20. The summed E-state index contributed by atoms with van der Waals surface area (Å²) < 4.78 is 1.76. The average Bonchev–Trinajstić information content (AvgIpc) is 2.82. The van der Waals surface area contributed by atoms with Crippen LogP contribution in [0.4, 0.5) is 5.69 Å². The molecule has 0 unspecified atom stereocenters. The third kappa shape index (κ3) is 2.74. The molecule has 0 atom stereocenters. The Morgan fingerprint density at radius 1 is 1.29 bits per heavy atom. The number of carbonyl (C=O) groups is 1. The maximum atomic E-state index is 11.9. The third-order valence-corrected chi connectivity index (χ3v) is 3.39. The van der Waals surface area contributed by atoms with Crippen LogP contribution in [0.5, 0.6) is 0 Å². The van der Waals surface area contributed by atoms with Crippen molar-refractivity contribution in [2.45, 2.75) is 26.7 Å². The molecule has 0 saturated heterocycles. The molecule has 6 heteroatoms. The van der Waals surface area contributed by atoms with E-state index in [1.165, 1.54) is 4.90 Å². The van der Waals surface area contributed by atoms with Gasteiger partial charge in [-0.3, -0.25) is 4.79 Å². The van der Waals surface area contributed by atoms with E-state index in [0.29, 0.717) is 11.4 Å². The number of rotatable bonds is 4. The highest BCUT2D eigenvalue weighted by Crippen LogP contribution is 2.21. The van der Waals surface area contributed by atoms with E-state index < -0.39 is 0 Å². The van der Waals surface area contributed by atoms with Gasteiger partial charge >= 0.3 is 0 Å². The first-order valence-electron chi connectivity index (χ1n) is 7.03. The number of aromatic nitrogens is 3. The molecule has 2 rings (SSSR count). The molecule has 21 heavy (non-hydrogen) atoms. The van der Waals surface area contributed by atoms with Gasteiger partial charge in [0, 0.05) is 20.3 Å². The number of nitrogens with two attached hydrogens (primary N) is 1. The minimum Gasteiger partial charge on any atom is -0.396 e. The minimum atomic E-state index is -0.0704. The van der Waals surface area contributed by atoms with E-state index in [2.05, 4.69) is 10.1 Å². The number of amides is 1. The Bertz CT molecular complexity index is 643. The van der Waals surface area contributed by atoms with Gasteiger partial charge in [-0.25, -0.2) is 9.67 Å². The largest absolute Gasteiger partial charge is 0.396 e. The highest BCUT2D eigenvalue weighted by atomic mass is 16.2. The van der Waals surface area contributed by atoms with Gasteiger partial charge in [0.2, 0.25) is 0 Å². The van der Waals surface area contributed by atoms with E-state index >= 15 is 0 Å². The summed E-state index contributed by atoms with van der Waals surface area (Å²) in [5, 5.41) is 4.51. The summed E-state index contributed by atoms with van der Waals surface area (Å²) in [6.07, 6.45) is 3.13. The maximum absolute atomic E-state index is 11.9. The monoisotopic (exact) mass is 287 g/mol. The maximum Gasteiger partial charge on any atom is 0.254 e. The van der Waals surface area contributed by atoms with E-state index in [1.54, 1.807) is 37.1 Å². The van der Waals surface area contributed by atoms with Gasteiger partial charge in [-0.05, 0) is 25.0 Å². The summed E-state index contributed by atoms with van der Waals surface area (Å²) in [6, 6.07) is 3.55. The number of anilines is 1. The molecule has 2 N–H and O–H groups in total. The lowest BCUT2D eigenvalue weighted by atomic mass is 10.2. The molecular weight excluding hydrogens is 266 g/mol. The van der Waals surface area contributed by atoms with Crippen LogP contribution in [-0.4, -0.2) is 39.7 Å². The quantitative estimate of drug-likeness (QED) is 0.928. The number of carbonyl (C=O) groups excluding carboxylic acids is 1. The number of pyridine rings is 1. The Labute approximate surface area is 124 Å². The molecule has 0 spiro atoms. The average molecular weight is 287 g/mol. The summed E-state index contributed by atoms with van der Waals surface area (Å²) in [5.41, 5.74) is 9.22. The molecule has 2 heterocycles. The number of nitrogens with zero attached hydrogens (tertiary/aromatic N) is 4. The zero-order valence-corrected chi connectivity index (χ0v) is 12.9. The van der Waals surface area contributed by atoms with Crippen LogP contribution in [0, 0.1) is 0 Å². The Morgan fingerprint density at radius 3 is 2.48 bits per heavy atom. The molecule has 1 amide bonds. The van der Waals surface area contributed by atoms with E-state index in [1.807, 2.05) is 13.8 Å². The summed E-state index contributed by atoms with van der Waals surface area (Å²) in [6.45, 7) is 4.06. The van der Waals surface area contributed by atoms with Gasteiger partial charge in [-0.15, -0.1) is 0 Å². The van der Waals surface area contributed by atoms with Crippen LogP contribution in [0.1, 0.15) is 35.6 Å². The predicted octanol–water partition coefficient (Wildman–Crippen LogP) is 1.68. The SMILES string of the molecule is CCc1nn(-c2ccc(C(=O)N(C)C)cn2)c(CC)c1N. The number of hydrogen-bond acceptors (Lipinski definition) is 4. The van der Waals surface area contributed by atoms with E-state index in [4.69, 9.17) is 5.73 Å². The van der Waals surface area contributed by atoms with Gasteiger partial charge in [-0.2, -0.15) is 5.10 Å². The molecule has 0 aliphatic heterocycles. The second kappa shape index (κ2) is 5.95. The smallest absolute Gasteiger partial charge is 0.254 e. The van der Waals surface area contributed by atoms with Crippen LogP contribution in [-0.2, 0) is 12.8 Å². The van der Waals surface area contributed by atoms with Gasteiger partial charge in [0.05, 0.1) is 22.6 Å². The molecule has 0 bridgehead atoms. The van der Waals surface area contributed by atoms with Gasteiger partial charge in [0.25, 0.3) is 5.91 Å². The van der Waals surface area contributed by atoms with Crippen molar-refractivity contribution in [1.82, 2.24) is 19.7 Å². The Hall–Kier alpha value is -2.37. The molecular formula is C15H21N5O. The second-order valence-electron chi connectivity index (χ2n) is 5.03. The van der Waals surface area contributed by atoms with Gasteiger partial charge in [0.1, 0.15) is 0 Å². The zero-order valence-electron chi connectivity index (χ0n) is 12.9. The van der Waals surface area contributed by atoms with Crippen LogP contribution in [0.3, 0.4) is 0 Å². The van der Waals surface area contributed by atoms with Crippen LogP contribution in [0.25, 0.3) is 5.82 Å². The molecule has 112 valence electrons. The standard InChI is InChI=1S/C15H21N5O/c1-5-11-14(16)12(6-2)20(18-11)13-8-7-10(9-17-13)15(21)19(3)4/h7-9H,5-6,16H2,1-4H3. The lowest BCUT2D eigenvalue weighted by molar-refractivity contribution is 0.0827. The Kier molecular flexibility index (Phi) is 4.26. The van der Waals surface area contributed by atoms with Gasteiger partial charge < -0.3 is 10.6 Å². The molecule has 2 aromatic rings. The van der Waals surface area contributed by atoms with E-state index in [-0.39, 0.29) is 5.91 Å². The normalized spacial score (nSPS) is 10.7. The first-order valence-corrected chi connectivity index (χ1v) is 7.03. The van der Waals surface area contributed by atoms with Crippen molar-refractivity contribution in [3.8, 4) is 5.82 Å². The molecule has 0 radical (unpaired) electrons.